The van der Waals surface area contributed by atoms with Gasteiger partial charge < -0.3 is 10.1 Å². The summed E-state index contributed by atoms with van der Waals surface area (Å²) in [5.74, 6) is 0. The number of alkyl carbamates (subject to hydrolysis) is 1. The summed E-state index contributed by atoms with van der Waals surface area (Å²) in [5, 5.41) is 2.45. The quantitative estimate of drug-likeness (QED) is 0.864. The number of rotatable bonds is 5. The minimum absolute atomic E-state index is 0.0458. The van der Waals surface area contributed by atoms with Crippen LogP contribution in [0.5, 0.6) is 0 Å². The van der Waals surface area contributed by atoms with Crippen LogP contribution in [-0.4, -0.2) is 12.6 Å². The zero-order valence-electron chi connectivity index (χ0n) is 12.7. The molecular weight excluding hydrogens is 319 g/mol. The molecule has 0 unspecified atom stereocenters. The van der Waals surface area contributed by atoms with E-state index in [1.54, 1.807) is 0 Å². The molecule has 0 aliphatic rings. The summed E-state index contributed by atoms with van der Waals surface area (Å²) in [4.78, 5) is 11.5. The normalized spacial score (nSPS) is 11.5. The van der Waals surface area contributed by atoms with E-state index < -0.39 is 17.8 Å². The highest BCUT2D eigenvalue weighted by molar-refractivity contribution is 5.67. The van der Waals surface area contributed by atoms with Gasteiger partial charge in [0.25, 0.3) is 0 Å². The van der Waals surface area contributed by atoms with Gasteiger partial charge in [-0.15, -0.1) is 0 Å². The number of carbonyl (C=O) groups is 1. The van der Waals surface area contributed by atoms with Gasteiger partial charge in [0.1, 0.15) is 6.61 Å². The number of amides is 1. The van der Waals surface area contributed by atoms with Crippen LogP contribution in [0, 0.1) is 0 Å². The lowest BCUT2D eigenvalue weighted by Gasteiger charge is -2.09. The summed E-state index contributed by atoms with van der Waals surface area (Å²) in [6.45, 7) is 0.201. The molecule has 0 spiro atoms. The smallest absolute Gasteiger partial charge is 0.416 e. The van der Waals surface area contributed by atoms with E-state index in [1.807, 2.05) is 30.3 Å². The molecule has 0 aliphatic heterocycles. The number of nitrogens with one attached hydrogen (secondary N) is 1. The Balaban J connectivity index is 1.82. The monoisotopic (exact) mass is 335 g/mol. The molecule has 2 aromatic rings. The van der Waals surface area contributed by atoms with Gasteiger partial charge in [-0.2, -0.15) is 13.2 Å². The average Bonchev–Trinajstić information content (AvgIpc) is 2.57. The Hall–Kier alpha value is -2.76. The Morgan fingerprint density at radius 1 is 1.04 bits per heavy atom. The second kappa shape index (κ2) is 8.19. The molecule has 6 heteroatoms. The Morgan fingerprint density at radius 2 is 1.71 bits per heavy atom. The van der Waals surface area contributed by atoms with Crippen molar-refractivity contribution in [3.05, 3.63) is 77.4 Å². The maximum absolute atomic E-state index is 12.8. The van der Waals surface area contributed by atoms with Crippen molar-refractivity contribution in [1.29, 1.82) is 0 Å². The van der Waals surface area contributed by atoms with Crippen molar-refractivity contribution in [1.82, 2.24) is 5.32 Å². The summed E-state index contributed by atoms with van der Waals surface area (Å²) >= 11 is 0. The molecule has 126 valence electrons. The first-order chi connectivity index (χ1) is 11.5. The first kappa shape index (κ1) is 17.6. The maximum atomic E-state index is 12.8. The molecule has 0 fully saturated rings. The zero-order chi connectivity index (χ0) is 17.4. The van der Waals surface area contributed by atoms with Crippen LogP contribution in [0.4, 0.5) is 18.0 Å². The lowest BCUT2D eigenvalue weighted by Crippen LogP contribution is -2.24. The predicted molar refractivity (Wildman–Crippen MR) is 85.1 cm³/mol. The number of halogens is 3. The first-order valence-electron chi connectivity index (χ1n) is 7.24. The second-order valence-corrected chi connectivity index (χ2v) is 4.93. The van der Waals surface area contributed by atoms with Crippen molar-refractivity contribution in [2.45, 2.75) is 12.8 Å². The van der Waals surface area contributed by atoms with E-state index in [0.717, 1.165) is 11.6 Å². The predicted octanol–water partition coefficient (Wildman–Crippen LogP) is 4.65. The molecule has 0 saturated heterocycles. The average molecular weight is 335 g/mol. The summed E-state index contributed by atoms with van der Waals surface area (Å²) in [7, 11) is 0. The van der Waals surface area contributed by atoms with E-state index in [9.17, 15) is 18.0 Å². The van der Waals surface area contributed by atoms with Crippen LogP contribution < -0.4 is 5.32 Å². The van der Waals surface area contributed by atoms with Gasteiger partial charge >= 0.3 is 12.3 Å². The van der Waals surface area contributed by atoms with Crippen LogP contribution in [0.1, 0.15) is 16.7 Å². The molecule has 0 bridgehead atoms. The molecule has 1 N–H and O–H groups in total. The van der Waals surface area contributed by atoms with Crippen LogP contribution in [0.3, 0.4) is 0 Å². The highest BCUT2D eigenvalue weighted by Gasteiger charge is 2.32. The van der Waals surface area contributed by atoms with Gasteiger partial charge in [-0.3, -0.25) is 0 Å². The van der Waals surface area contributed by atoms with E-state index in [2.05, 4.69) is 5.32 Å². The van der Waals surface area contributed by atoms with Crippen LogP contribution >= 0.6 is 0 Å². The van der Waals surface area contributed by atoms with Gasteiger partial charge in [0, 0.05) is 6.54 Å². The van der Waals surface area contributed by atoms with Crippen molar-refractivity contribution >= 4 is 12.2 Å². The largest absolute Gasteiger partial charge is 0.445 e. The molecule has 0 saturated carbocycles. The SMILES string of the molecule is O=C(NCC=Cc1ccccc1C(F)(F)F)OCc1ccccc1. The van der Waals surface area contributed by atoms with E-state index >= 15 is 0 Å². The molecule has 2 rings (SSSR count). The number of ether oxygens (including phenoxy) is 1. The third kappa shape index (κ3) is 5.46. The molecule has 0 atom stereocenters. The Bertz CT molecular complexity index is 697. The van der Waals surface area contributed by atoms with Gasteiger partial charge in [0.05, 0.1) is 5.56 Å². The molecule has 1 amide bonds. The van der Waals surface area contributed by atoms with Crippen LogP contribution in [-0.2, 0) is 17.5 Å². The topological polar surface area (TPSA) is 38.3 Å². The zero-order valence-corrected chi connectivity index (χ0v) is 12.7. The maximum Gasteiger partial charge on any atom is 0.416 e. The van der Waals surface area contributed by atoms with Crippen molar-refractivity contribution in [2.24, 2.45) is 0 Å². The first-order valence-corrected chi connectivity index (χ1v) is 7.24. The molecular formula is C18H16F3NO2. The van der Waals surface area contributed by atoms with E-state index in [0.29, 0.717) is 0 Å². The molecule has 2 aromatic carbocycles. The highest BCUT2D eigenvalue weighted by Crippen LogP contribution is 2.32. The Kier molecular flexibility index (Phi) is 6.01. The minimum atomic E-state index is -4.41. The molecule has 3 nitrogen and oxygen atoms in total. The van der Waals surface area contributed by atoms with Crippen molar-refractivity contribution < 1.29 is 22.7 Å². The lowest BCUT2D eigenvalue weighted by molar-refractivity contribution is -0.137. The summed E-state index contributed by atoms with van der Waals surface area (Å²) in [6.07, 6.45) is -2.29. The fraction of sp³-hybridized carbons (Fsp3) is 0.167. The van der Waals surface area contributed by atoms with Gasteiger partial charge in [-0.25, -0.2) is 4.79 Å². The summed E-state index contributed by atoms with van der Waals surface area (Å²) < 4.78 is 43.5. The number of benzene rings is 2. The third-order valence-electron chi connectivity index (χ3n) is 3.14. The van der Waals surface area contributed by atoms with E-state index in [4.69, 9.17) is 4.74 Å². The number of hydrogen-bond donors (Lipinski definition) is 1. The Morgan fingerprint density at radius 3 is 2.42 bits per heavy atom. The van der Waals surface area contributed by atoms with Gasteiger partial charge in [0.15, 0.2) is 0 Å². The molecule has 0 aromatic heterocycles. The van der Waals surface area contributed by atoms with Crippen LogP contribution in [0.2, 0.25) is 0 Å². The second-order valence-electron chi connectivity index (χ2n) is 4.93. The minimum Gasteiger partial charge on any atom is -0.445 e. The third-order valence-corrected chi connectivity index (χ3v) is 3.14. The van der Waals surface area contributed by atoms with Gasteiger partial charge in [-0.05, 0) is 17.2 Å². The van der Waals surface area contributed by atoms with E-state index in [-0.39, 0.29) is 18.7 Å². The molecule has 0 radical (unpaired) electrons. The Labute approximate surface area is 137 Å². The number of carbonyl (C=O) groups excluding carboxylic acids is 1. The fourth-order valence-corrected chi connectivity index (χ4v) is 2.00. The number of hydrogen-bond acceptors (Lipinski definition) is 2. The molecule has 0 aliphatic carbocycles. The van der Waals surface area contributed by atoms with Crippen molar-refractivity contribution in [3.8, 4) is 0 Å². The molecule has 24 heavy (non-hydrogen) atoms. The van der Waals surface area contributed by atoms with Crippen LogP contribution in [0.25, 0.3) is 6.08 Å². The van der Waals surface area contributed by atoms with E-state index in [1.165, 1.54) is 30.4 Å². The number of alkyl halides is 3. The van der Waals surface area contributed by atoms with Crippen molar-refractivity contribution in [3.63, 3.8) is 0 Å². The van der Waals surface area contributed by atoms with Crippen molar-refractivity contribution in [2.75, 3.05) is 6.54 Å². The fourth-order valence-electron chi connectivity index (χ4n) is 2.00. The standard InChI is InChI=1S/C18H16F3NO2/c19-18(20,21)16-11-5-4-9-15(16)10-6-12-22-17(23)24-13-14-7-2-1-3-8-14/h1-11H,12-13H2,(H,22,23). The van der Waals surface area contributed by atoms with Gasteiger partial charge in [0.2, 0.25) is 0 Å². The lowest BCUT2D eigenvalue weighted by atomic mass is 10.1. The molecule has 0 heterocycles. The van der Waals surface area contributed by atoms with Gasteiger partial charge in [-0.1, -0.05) is 60.7 Å². The highest BCUT2D eigenvalue weighted by atomic mass is 19.4. The van der Waals surface area contributed by atoms with Crippen LogP contribution in [0.15, 0.2) is 60.7 Å². The summed E-state index contributed by atoms with van der Waals surface area (Å²) in [6, 6.07) is 14.4. The summed E-state index contributed by atoms with van der Waals surface area (Å²) in [5.41, 5.74) is 0.180.